The highest BCUT2D eigenvalue weighted by Gasteiger charge is 2.43. The van der Waals surface area contributed by atoms with Crippen LogP contribution in [0.4, 0.5) is 0 Å². The number of hydrogen-bond acceptors (Lipinski definition) is 0. The van der Waals surface area contributed by atoms with E-state index < -0.39 is 0 Å². The quantitative estimate of drug-likeness (QED) is 0.524. The second-order valence-electron chi connectivity index (χ2n) is 6.23. The molecule has 15 heavy (non-hydrogen) atoms. The lowest BCUT2D eigenvalue weighted by Gasteiger charge is -2.49. The molecule has 2 rings (SSSR count). The number of allylic oxidation sites excluding steroid dienone is 2. The van der Waals surface area contributed by atoms with Crippen molar-refractivity contribution in [3.63, 3.8) is 0 Å². The molecule has 0 aromatic carbocycles. The van der Waals surface area contributed by atoms with Crippen LogP contribution in [0.2, 0.25) is 0 Å². The molecule has 0 unspecified atom stereocenters. The van der Waals surface area contributed by atoms with Crippen LogP contribution in [0.1, 0.15) is 71.6 Å². The van der Waals surface area contributed by atoms with Crippen molar-refractivity contribution in [1.29, 1.82) is 0 Å². The van der Waals surface area contributed by atoms with Crippen LogP contribution >= 0.6 is 0 Å². The van der Waals surface area contributed by atoms with Gasteiger partial charge >= 0.3 is 0 Å². The van der Waals surface area contributed by atoms with E-state index in [-0.39, 0.29) is 0 Å². The van der Waals surface area contributed by atoms with E-state index in [9.17, 15) is 0 Å². The van der Waals surface area contributed by atoms with E-state index in [1.165, 1.54) is 57.8 Å². The fourth-order valence-corrected chi connectivity index (χ4v) is 3.70. The second-order valence-corrected chi connectivity index (χ2v) is 6.23. The molecule has 0 amide bonds. The molecule has 0 aromatic rings. The molecule has 2 aliphatic rings. The summed E-state index contributed by atoms with van der Waals surface area (Å²) in [6.45, 7) is 5.13. The topological polar surface area (TPSA) is 0 Å². The molecule has 0 heterocycles. The highest BCUT2D eigenvalue weighted by atomic mass is 14.5. The van der Waals surface area contributed by atoms with Crippen LogP contribution in [0.15, 0.2) is 12.2 Å². The van der Waals surface area contributed by atoms with E-state index in [1.54, 1.807) is 0 Å². The van der Waals surface area contributed by atoms with Crippen molar-refractivity contribution >= 4 is 0 Å². The zero-order valence-corrected chi connectivity index (χ0v) is 10.5. The first kappa shape index (κ1) is 11.2. The molecule has 0 spiro atoms. The van der Waals surface area contributed by atoms with Gasteiger partial charge in [-0.25, -0.2) is 0 Å². The third-order valence-corrected chi connectivity index (χ3v) is 5.31. The largest absolute Gasteiger partial charge is 0.0885 e. The van der Waals surface area contributed by atoms with E-state index >= 15 is 0 Å². The van der Waals surface area contributed by atoms with Crippen molar-refractivity contribution in [2.45, 2.75) is 71.6 Å². The zero-order chi connectivity index (χ0) is 10.8. The van der Waals surface area contributed by atoms with E-state index in [4.69, 9.17) is 0 Å². The van der Waals surface area contributed by atoms with E-state index in [1.807, 2.05) is 0 Å². The van der Waals surface area contributed by atoms with Crippen LogP contribution in [0.5, 0.6) is 0 Å². The van der Waals surface area contributed by atoms with Gasteiger partial charge in [0.15, 0.2) is 0 Å². The molecule has 0 saturated heterocycles. The van der Waals surface area contributed by atoms with E-state index in [0.29, 0.717) is 10.8 Å². The Morgan fingerprint density at radius 1 is 0.667 bits per heavy atom. The summed E-state index contributed by atoms with van der Waals surface area (Å²) in [4.78, 5) is 0. The molecule has 0 atom stereocenters. The maximum absolute atomic E-state index is 2.57. The minimum atomic E-state index is 0.608. The molecule has 2 aliphatic carbocycles. The van der Waals surface area contributed by atoms with Gasteiger partial charge in [0.05, 0.1) is 0 Å². The Bertz CT molecular complexity index is 220. The predicted octanol–water partition coefficient (Wildman–Crippen LogP) is 5.09. The number of hydrogen-bond donors (Lipinski definition) is 0. The first-order valence-electron chi connectivity index (χ1n) is 6.81. The minimum absolute atomic E-state index is 0.608. The van der Waals surface area contributed by atoms with Crippen molar-refractivity contribution in [2.75, 3.05) is 0 Å². The van der Waals surface area contributed by atoms with Crippen molar-refractivity contribution in [2.24, 2.45) is 10.8 Å². The molecule has 1 saturated carbocycles. The van der Waals surface area contributed by atoms with Crippen molar-refractivity contribution in [3.8, 4) is 0 Å². The van der Waals surface area contributed by atoms with Gasteiger partial charge in [-0.2, -0.15) is 0 Å². The first-order valence-corrected chi connectivity index (χ1v) is 6.81. The number of rotatable bonds is 1. The van der Waals surface area contributed by atoms with E-state index in [0.717, 1.165) is 0 Å². The SMILES string of the molecule is CC1(C2(C)CCCCC2)CCC=CCC1. The lowest BCUT2D eigenvalue weighted by atomic mass is 9.56. The average Bonchev–Trinajstić information content (AvgIpc) is 2.45. The van der Waals surface area contributed by atoms with Gasteiger partial charge in [-0.3, -0.25) is 0 Å². The lowest BCUT2D eigenvalue weighted by Crippen LogP contribution is -2.39. The molecule has 0 aliphatic heterocycles. The van der Waals surface area contributed by atoms with Crippen LogP contribution in [0.25, 0.3) is 0 Å². The summed E-state index contributed by atoms with van der Waals surface area (Å²) in [5.74, 6) is 0. The first-order chi connectivity index (χ1) is 7.16. The molecule has 0 aromatic heterocycles. The van der Waals surface area contributed by atoms with Gasteiger partial charge in [-0.05, 0) is 49.4 Å². The zero-order valence-electron chi connectivity index (χ0n) is 10.5. The second kappa shape index (κ2) is 4.31. The molecule has 1 fully saturated rings. The molecule has 0 bridgehead atoms. The summed E-state index contributed by atoms with van der Waals surface area (Å²) in [6.07, 6.45) is 17.6. The Labute approximate surface area is 95.1 Å². The highest BCUT2D eigenvalue weighted by molar-refractivity contribution is 4.99. The minimum Gasteiger partial charge on any atom is -0.0885 e. The van der Waals surface area contributed by atoms with Crippen molar-refractivity contribution in [1.82, 2.24) is 0 Å². The Morgan fingerprint density at radius 2 is 1.13 bits per heavy atom. The summed E-state index contributed by atoms with van der Waals surface area (Å²) < 4.78 is 0. The molecule has 0 heteroatoms. The van der Waals surface area contributed by atoms with Crippen molar-refractivity contribution in [3.05, 3.63) is 12.2 Å². The van der Waals surface area contributed by atoms with Crippen LogP contribution in [0.3, 0.4) is 0 Å². The summed E-state index contributed by atoms with van der Waals surface area (Å²) in [7, 11) is 0. The third-order valence-electron chi connectivity index (χ3n) is 5.31. The highest BCUT2D eigenvalue weighted by Crippen LogP contribution is 2.54. The van der Waals surface area contributed by atoms with Gasteiger partial charge in [0.1, 0.15) is 0 Å². The molecular formula is C15H26. The maximum Gasteiger partial charge on any atom is -0.0266 e. The van der Waals surface area contributed by atoms with Crippen molar-refractivity contribution < 1.29 is 0 Å². The molecule has 0 N–H and O–H groups in total. The van der Waals surface area contributed by atoms with Gasteiger partial charge in [0.25, 0.3) is 0 Å². The van der Waals surface area contributed by atoms with Gasteiger partial charge in [0, 0.05) is 0 Å². The average molecular weight is 206 g/mol. The summed E-state index contributed by atoms with van der Waals surface area (Å²) in [5, 5.41) is 0. The lowest BCUT2D eigenvalue weighted by molar-refractivity contribution is 0.0154. The normalized spacial score (nSPS) is 29.7. The Morgan fingerprint density at radius 3 is 1.67 bits per heavy atom. The molecule has 0 nitrogen and oxygen atoms in total. The third kappa shape index (κ3) is 2.14. The summed E-state index contributed by atoms with van der Waals surface area (Å²) >= 11 is 0. The monoisotopic (exact) mass is 206 g/mol. The smallest absolute Gasteiger partial charge is 0.0266 e. The fraction of sp³-hybridized carbons (Fsp3) is 0.867. The fourth-order valence-electron chi connectivity index (χ4n) is 3.70. The van der Waals surface area contributed by atoms with Gasteiger partial charge < -0.3 is 0 Å². The van der Waals surface area contributed by atoms with E-state index in [2.05, 4.69) is 26.0 Å². The van der Waals surface area contributed by atoms with Crippen LogP contribution in [-0.4, -0.2) is 0 Å². The molecule has 86 valence electrons. The summed E-state index contributed by atoms with van der Waals surface area (Å²) in [5.41, 5.74) is 1.24. The Hall–Kier alpha value is -0.260. The Kier molecular flexibility index (Phi) is 3.23. The maximum atomic E-state index is 2.57. The van der Waals surface area contributed by atoms with Crippen LogP contribution in [0, 0.1) is 10.8 Å². The van der Waals surface area contributed by atoms with Crippen LogP contribution in [-0.2, 0) is 0 Å². The Balaban J connectivity index is 2.11. The summed E-state index contributed by atoms with van der Waals surface area (Å²) in [6, 6.07) is 0. The van der Waals surface area contributed by atoms with Gasteiger partial charge in [-0.15, -0.1) is 0 Å². The van der Waals surface area contributed by atoms with Crippen LogP contribution < -0.4 is 0 Å². The molecule has 0 radical (unpaired) electrons. The van der Waals surface area contributed by atoms with Gasteiger partial charge in [-0.1, -0.05) is 45.3 Å². The molecular weight excluding hydrogens is 180 g/mol. The predicted molar refractivity (Wildman–Crippen MR) is 66.9 cm³/mol. The van der Waals surface area contributed by atoms with Gasteiger partial charge in [0.2, 0.25) is 0 Å². The standard InChI is InChI=1S/C15H26/c1-14(10-6-3-4-7-11-14)15(2)12-8-5-9-13-15/h3-4H,5-13H2,1-2H3.